The molecular weight excluding hydrogens is 377 g/mol. The highest BCUT2D eigenvalue weighted by Crippen LogP contribution is 2.23. The standard InChI is InChI=1S/C19H21ClFNOS2/c1-14-5-2-3-6-15(14)11-25-13-19(23)22-9-10-24-12-16-17(20)7-4-8-18(16)21/h2-8H,9-13H2,1H3,(H,22,23). The van der Waals surface area contributed by atoms with Crippen molar-refractivity contribution in [2.24, 2.45) is 0 Å². The van der Waals surface area contributed by atoms with Crippen LogP contribution in [0, 0.1) is 12.7 Å². The maximum Gasteiger partial charge on any atom is 0.230 e. The van der Waals surface area contributed by atoms with Gasteiger partial charge in [0.1, 0.15) is 5.82 Å². The fourth-order valence-corrected chi connectivity index (χ4v) is 4.31. The molecule has 2 aromatic carbocycles. The lowest BCUT2D eigenvalue weighted by Crippen LogP contribution is -2.27. The predicted octanol–water partition coefficient (Wildman–Crippen LogP) is 5.07. The highest BCUT2D eigenvalue weighted by atomic mass is 35.5. The van der Waals surface area contributed by atoms with E-state index in [1.807, 2.05) is 12.1 Å². The molecule has 0 saturated carbocycles. The molecular formula is C19H21ClFNOS2. The Balaban J connectivity index is 1.59. The van der Waals surface area contributed by atoms with E-state index in [0.717, 1.165) is 11.5 Å². The molecule has 0 radical (unpaired) electrons. The Morgan fingerprint density at radius 1 is 1.12 bits per heavy atom. The Labute approximate surface area is 161 Å². The summed E-state index contributed by atoms with van der Waals surface area (Å²) in [4.78, 5) is 11.8. The Morgan fingerprint density at radius 2 is 1.92 bits per heavy atom. The number of thioether (sulfide) groups is 2. The van der Waals surface area contributed by atoms with Crippen molar-refractivity contribution in [3.05, 3.63) is 70.0 Å². The third-order valence-electron chi connectivity index (χ3n) is 3.63. The topological polar surface area (TPSA) is 29.1 Å². The average molecular weight is 398 g/mol. The summed E-state index contributed by atoms with van der Waals surface area (Å²) in [5, 5.41) is 3.34. The van der Waals surface area contributed by atoms with Gasteiger partial charge in [-0.1, -0.05) is 41.9 Å². The van der Waals surface area contributed by atoms with Crippen LogP contribution in [0.3, 0.4) is 0 Å². The number of aryl methyl sites for hydroxylation is 1. The van der Waals surface area contributed by atoms with Crippen LogP contribution in [0.4, 0.5) is 4.39 Å². The largest absolute Gasteiger partial charge is 0.355 e. The molecule has 2 rings (SSSR count). The first-order valence-corrected chi connectivity index (χ1v) is 10.7. The first-order chi connectivity index (χ1) is 12.1. The lowest BCUT2D eigenvalue weighted by molar-refractivity contribution is -0.118. The number of carbonyl (C=O) groups excluding carboxylic acids is 1. The van der Waals surface area contributed by atoms with Crippen molar-refractivity contribution >= 4 is 41.0 Å². The minimum absolute atomic E-state index is 0.0307. The lowest BCUT2D eigenvalue weighted by Gasteiger charge is -2.08. The van der Waals surface area contributed by atoms with Crippen LogP contribution in [-0.2, 0) is 16.3 Å². The molecule has 6 heteroatoms. The van der Waals surface area contributed by atoms with E-state index in [-0.39, 0.29) is 11.7 Å². The molecule has 0 aliphatic rings. The quantitative estimate of drug-likeness (QED) is 0.599. The van der Waals surface area contributed by atoms with Crippen molar-refractivity contribution in [2.45, 2.75) is 18.4 Å². The lowest BCUT2D eigenvalue weighted by atomic mass is 10.1. The number of carbonyl (C=O) groups is 1. The number of benzene rings is 2. The SMILES string of the molecule is Cc1ccccc1CSCC(=O)NCCSCc1c(F)cccc1Cl. The van der Waals surface area contributed by atoms with Crippen molar-refractivity contribution in [1.29, 1.82) is 0 Å². The van der Waals surface area contributed by atoms with Gasteiger partial charge in [0.05, 0.1) is 5.75 Å². The molecule has 134 valence electrons. The fraction of sp³-hybridized carbons (Fsp3) is 0.316. The average Bonchev–Trinajstić information content (AvgIpc) is 2.58. The van der Waals surface area contributed by atoms with Gasteiger partial charge in [-0.15, -0.1) is 11.8 Å². The second kappa shape index (κ2) is 10.7. The second-order valence-electron chi connectivity index (χ2n) is 5.52. The Morgan fingerprint density at radius 3 is 2.68 bits per heavy atom. The molecule has 0 saturated heterocycles. The molecule has 1 N–H and O–H groups in total. The van der Waals surface area contributed by atoms with Gasteiger partial charge in [0.2, 0.25) is 5.91 Å². The zero-order chi connectivity index (χ0) is 18.1. The van der Waals surface area contributed by atoms with Gasteiger partial charge in [-0.25, -0.2) is 4.39 Å². The Bertz CT molecular complexity index is 691. The molecule has 0 aliphatic heterocycles. The summed E-state index contributed by atoms with van der Waals surface area (Å²) in [5.74, 6) is 2.25. The molecule has 0 atom stereocenters. The molecule has 1 amide bonds. The van der Waals surface area contributed by atoms with Gasteiger partial charge in [0.25, 0.3) is 0 Å². The first-order valence-electron chi connectivity index (χ1n) is 7.97. The number of rotatable bonds is 9. The van der Waals surface area contributed by atoms with Gasteiger partial charge in [0.15, 0.2) is 0 Å². The summed E-state index contributed by atoms with van der Waals surface area (Å²) in [6.07, 6.45) is 0. The van der Waals surface area contributed by atoms with Crippen molar-refractivity contribution in [3.63, 3.8) is 0 Å². The van der Waals surface area contributed by atoms with E-state index in [9.17, 15) is 9.18 Å². The van der Waals surface area contributed by atoms with Gasteiger partial charge in [-0.3, -0.25) is 4.79 Å². The number of halogens is 2. The van der Waals surface area contributed by atoms with E-state index in [4.69, 9.17) is 11.6 Å². The van der Waals surface area contributed by atoms with Gasteiger partial charge >= 0.3 is 0 Å². The van der Waals surface area contributed by atoms with Gasteiger partial charge in [0, 0.05) is 34.4 Å². The Hall–Kier alpha value is -1.17. The third-order valence-corrected chi connectivity index (χ3v) is 5.95. The summed E-state index contributed by atoms with van der Waals surface area (Å²) in [7, 11) is 0. The zero-order valence-corrected chi connectivity index (χ0v) is 16.4. The van der Waals surface area contributed by atoms with Crippen LogP contribution in [0.15, 0.2) is 42.5 Å². The van der Waals surface area contributed by atoms with Crippen LogP contribution in [0.5, 0.6) is 0 Å². The molecule has 0 aromatic heterocycles. The maximum absolute atomic E-state index is 13.6. The molecule has 0 heterocycles. The van der Waals surface area contributed by atoms with E-state index >= 15 is 0 Å². The van der Waals surface area contributed by atoms with Gasteiger partial charge in [-0.05, 0) is 30.2 Å². The van der Waals surface area contributed by atoms with Gasteiger partial charge in [-0.2, -0.15) is 11.8 Å². The number of amides is 1. The van der Waals surface area contributed by atoms with Crippen molar-refractivity contribution in [2.75, 3.05) is 18.1 Å². The summed E-state index contributed by atoms with van der Waals surface area (Å²) < 4.78 is 13.6. The summed E-state index contributed by atoms with van der Waals surface area (Å²) in [5.41, 5.74) is 3.03. The van der Waals surface area contributed by atoms with E-state index in [0.29, 0.717) is 28.6 Å². The van der Waals surface area contributed by atoms with Crippen molar-refractivity contribution in [1.82, 2.24) is 5.32 Å². The summed E-state index contributed by atoms with van der Waals surface area (Å²) in [6, 6.07) is 12.9. The predicted molar refractivity (Wildman–Crippen MR) is 108 cm³/mol. The van der Waals surface area contributed by atoms with E-state index in [1.165, 1.54) is 17.2 Å². The van der Waals surface area contributed by atoms with Crippen molar-refractivity contribution in [3.8, 4) is 0 Å². The first kappa shape index (κ1) is 20.1. The fourth-order valence-electron chi connectivity index (χ4n) is 2.18. The van der Waals surface area contributed by atoms with Crippen LogP contribution in [0.1, 0.15) is 16.7 Å². The molecule has 0 fully saturated rings. The molecule has 0 bridgehead atoms. The van der Waals surface area contributed by atoms with Crippen LogP contribution >= 0.6 is 35.1 Å². The normalized spacial score (nSPS) is 10.7. The maximum atomic E-state index is 13.6. The third kappa shape index (κ3) is 6.92. The minimum Gasteiger partial charge on any atom is -0.355 e. The second-order valence-corrected chi connectivity index (χ2v) is 8.02. The van der Waals surface area contributed by atoms with Crippen LogP contribution in [-0.4, -0.2) is 24.0 Å². The number of hydrogen-bond donors (Lipinski definition) is 1. The molecule has 2 aromatic rings. The monoisotopic (exact) mass is 397 g/mol. The zero-order valence-electron chi connectivity index (χ0n) is 14.1. The summed E-state index contributed by atoms with van der Waals surface area (Å²) in [6.45, 7) is 2.65. The molecule has 2 nitrogen and oxygen atoms in total. The van der Waals surface area contributed by atoms with Crippen LogP contribution < -0.4 is 5.32 Å². The van der Waals surface area contributed by atoms with Crippen LogP contribution in [0.25, 0.3) is 0 Å². The molecule has 0 aliphatic carbocycles. The minimum atomic E-state index is -0.281. The van der Waals surface area contributed by atoms with Crippen molar-refractivity contribution < 1.29 is 9.18 Å². The van der Waals surface area contributed by atoms with E-state index in [2.05, 4.69) is 24.4 Å². The van der Waals surface area contributed by atoms with E-state index < -0.39 is 0 Å². The highest BCUT2D eigenvalue weighted by molar-refractivity contribution is 7.99. The molecule has 25 heavy (non-hydrogen) atoms. The smallest absolute Gasteiger partial charge is 0.230 e. The Kier molecular flexibility index (Phi) is 8.65. The summed E-state index contributed by atoms with van der Waals surface area (Å²) >= 11 is 9.15. The molecule has 0 unspecified atom stereocenters. The number of nitrogens with one attached hydrogen (secondary N) is 1. The van der Waals surface area contributed by atoms with Crippen LogP contribution in [0.2, 0.25) is 5.02 Å². The number of hydrogen-bond acceptors (Lipinski definition) is 3. The van der Waals surface area contributed by atoms with Gasteiger partial charge < -0.3 is 5.32 Å². The highest BCUT2D eigenvalue weighted by Gasteiger charge is 2.07. The van der Waals surface area contributed by atoms with E-state index in [1.54, 1.807) is 35.7 Å². The molecule has 0 spiro atoms.